The van der Waals surface area contributed by atoms with Gasteiger partial charge in [0.05, 0.1) is 0 Å². The van der Waals surface area contributed by atoms with Gasteiger partial charge in [-0.1, -0.05) is 12.1 Å². The molecule has 0 bridgehead atoms. The summed E-state index contributed by atoms with van der Waals surface area (Å²) in [6.07, 6.45) is 3.91. The Kier molecular flexibility index (Phi) is 4.52. The Labute approximate surface area is 158 Å². The number of hydrogen-bond acceptors (Lipinski definition) is 5. The van der Waals surface area contributed by atoms with Crippen LogP contribution in [0.4, 0.5) is 0 Å². The molecule has 7 heteroatoms. The number of carbonyl (C=O) groups excluding carboxylic acids is 3. The van der Waals surface area contributed by atoms with Crippen LogP contribution in [0, 0.1) is 0 Å². The summed E-state index contributed by atoms with van der Waals surface area (Å²) in [6.45, 7) is 3.28. The number of rotatable bonds is 4. The summed E-state index contributed by atoms with van der Waals surface area (Å²) in [6, 6.07) is 5.44. The predicted octanol–water partition coefficient (Wildman–Crippen LogP) is 0.807. The van der Waals surface area contributed by atoms with Crippen molar-refractivity contribution >= 4 is 17.7 Å². The summed E-state index contributed by atoms with van der Waals surface area (Å²) in [5.74, 6) is -0.784. The standard InChI is InChI=1S/C20H26N4O3/c1-20(8-2-3-16(20)21)22-10-12-4-5-14-13(9-12)11-24(19(14)27)15-6-7-17(25)23-18(15)26/h4-5,9,15-16,22H,2-3,6-8,10-11,21H2,1H3,(H,23,25,26)/t15?,16-,20-/m0/s1. The monoisotopic (exact) mass is 370 g/mol. The molecule has 1 aromatic rings. The third-order valence-electron chi connectivity index (χ3n) is 6.31. The van der Waals surface area contributed by atoms with Gasteiger partial charge in [0, 0.05) is 36.7 Å². The lowest BCUT2D eigenvalue weighted by atomic mass is 9.95. The number of nitrogens with one attached hydrogen (secondary N) is 2. The second-order valence-electron chi connectivity index (χ2n) is 8.16. The van der Waals surface area contributed by atoms with Gasteiger partial charge in [0.1, 0.15) is 6.04 Å². The second kappa shape index (κ2) is 6.73. The van der Waals surface area contributed by atoms with Crippen LogP contribution in [0.3, 0.4) is 0 Å². The minimum absolute atomic E-state index is 0.0480. The molecule has 2 fully saturated rings. The van der Waals surface area contributed by atoms with Gasteiger partial charge >= 0.3 is 0 Å². The Morgan fingerprint density at radius 1 is 1.30 bits per heavy atom. The molecule has 0 spiro atoms. The van der Waals surface area contributed by atoms with Gasteiger partial charge in [0.15, 0.2) is 0 Å². The average molecular weight is 370 g/mol. The average Bonchev–Trinajstić information content (AvgIpc) is 3.13. The zero-order valence-electron chi connectivity index (χ0n) is 15.6. The minimum Gasteiger partial charge on any atom is -0.326 e. The maximum absolute atomic E-state index is 12.7. The van der Waals surface area contributed by atoms with E-state index in [0.29, 0.717) is 25.1 Å². The van der Waals surface area contributed by atoms with Crippen molar-refractivity contribution in [3.05, 3.63) is 34.9 Å². The fourth-order valence-electron chi connectivity index (χ4n) is 4.45. The summed E-state index contributed by atoms with van der Waals surface area (Å²) in [5.41, 5.74) is 8.87. The Morgan fingerprint density at radius 3 is 2.81 bits per heavy atom. The number of amides is 3. The molecule has 3 amide bonds. The van der Waals surface area contributed by atoms with Crippen LogP contribution in [-0.2, 0) is 22.7 Å². The molecule has 1 saturated carbocycles. The fourth-order valence-corrected chi connectivity index (χ4v) is 4.45. The first-order valence-corrected chi connectivity index (χ1v) is 9.64. The molecule has 4 N–H and O–H groups in total. The van der Waals surface area contributed by atoms with Crippen LogP contribution >= 0.6 is 0 Å². The lowest BCUT2D eigenvalue weighted by Gasteiger charge is -2.30. The van der Waals surface area contributed by atoms with Crippen molar-refractivity contribution < 1.29 is 14.4 Å². The van der Waals surface area contributed by atoms with Crippen molar-refractivity contribution in [3.8, 4) is 0 Å². The highest BCUT2D eigenvalue weighted by atomic mass is 16.2. The normalized spacial score (nSPS) is 30.6. The molecule has 3 atom stereocenters. The quantitative estimate of drug-likeness (QED) is 0.680. The SMILES string of the molecule is C[C@]1(NCc2ccc3c(c2)CN(C2CCC(=O)NC2=O)C3=O)CCC[C@@H]1N. The van der Waals surface area contributed by atoms with Gasteiger partial charge in [-0.05, 0) is 49.8 Å². The molecule has 27 heavy (non-hydrogen) atoms. The molecule has 1 aromatic carbocycles. The number of carbonyl (C=O) groups is 3. The summed E-state index contributed by atoms with van der Waals surface area (Å²) in [4.78, 5) is 37.8. The molecular weight excluding hydrogens is 344 g/mol. The number of imide groups is 1. The van der Waals surface area contributed by atoms with Crippen LogP contribution in [0.5, 0.6) is 0 Å². The van der Waals surface area contributed by atoms with Crippen molar-refractivity contribution in [2.24, 2.45) is 5.73 Å². The van der Waals surface area contributed by atoms with Gasteiger partial charge in [-0.3, -0.25) is 19.7 Å². The van der Waals surface area contributed by atoms with E-state index in [0.717, 1.165) is 30.4 Å². The molecule has 1 unspecified atom stereocenters. The predicted molar refractivity (Wildman–Crippen MR) is 99.6 cm³/mol. The summed E-state index contributed by atoms with van der Waals surface area (Å²) in [5, 5.41) is 5.92. The number of nitrogens with two attached hydrogens (primary N) is 1. The van der Waals surface area contributed by atoms with E-state index in [9.17, 15) is 14.4 Å². The first kappa shape index (κ1) is 18.1. The van der Waals surface area contributed by atoms with E-state index in [-0.39, 0.29) is 35.7 Å². The van der Waals surface area contributed by atoms with E-state index >= 15 is 0 Å². The lowest BCUT2D eigenvalue weighted by molar-refractivity contribution is -0.136. The Hall–Kier alpha value is -2.25. The van der Waals surface area contributed by atoms with Crippen molar-refractivity contribution in [1.29, 1.82) is 0 Å². The van der Waals surface area contributed by atoms with E-state index in [4.69, 9.17) is 5.73 Å². The molecule has 0 aromatic heterocycles. The van der Waals surface area contributed by atoms with Gasteiger partial charge in [-0.25, -0.2) is 0 Å². The van der Waals surface area contributed by atoms with Gasteiger partial charge in [0.2, 0.25) is 11.8 Å². The Balaban J connectivity index is 1.46. The number of benzene rings is 1. The zero-order valence-corrected chi connectivity index (χ0v) is 15.6. The van der Waals surface area contributed by atoms with Crippen molar-refractivity contribution in [1.82, 2.24) is 15.5 Å². The highest BCUT2D eigenvalue weighted by molar-refractivity contribution is 6.05. The van der Waals surface area contributed by atoms with E-state index in [2.05, 4.69) is 17.6 Å². The van der Waals surface area contributed by atoms with Crippen LogP contribution in [0.1, 0.15) is 60.5 Å². The number of nitrogens with zero attached hydrogens (tertiary/aromatic N) is 1. The molecule has 2 heterocycles. The largest absolute Gasteiger partial charge is 0.326 e. The summed E-state index contributed by atoms with van der Waals surface area (Å²) < 4.78 is 0. The third kappa shape index (κ3) is 3.26. The third-order valence-corrected chi connectivity index (χ3v) is 6.31. The van der Waals surface area contributed by atoms with Gasteiger partial charge in [-0.15, -0.1) is 0 Å². The highest BCUT2D eigenvalue weighted by Gasteiger charge is 2.39. The summed E-state index contributed by atoms with van der Waals surface area (Å²) >= 11 is 0. The molecule has 3 aliphatic rings. The van der Waals surface area contributed by atoms with Gasteiger partial charge < -0.3 is 16.0 Å². The number of hydrogen-bond donors (Lipinski definition) is 3. The molecule has 4 rings (SSSR count). The van der Waals surface area contributed by atoms with Crippen molar-refractivity contribution in [2.45, 2.75) is 69.7 Å². The van der Waals surface area contributed by atoms with Crippen LogP contribution in [0.15, 0.2) is 18.2 Å². The van der Waals surface area contributed by atoms with Crippen molar-refractivity contribution in [3.63, 3.8) is 0 Å². The van der Waals surface area contributed by atoms with E-state index in [1.165, 1.54) is 0 Å². The molecule has 1 saturated heterocycles. The molecule has 2 aliphatic heterocycles. The van der Waals surface area contributed by atoms with E-state index in [1.807, 2.05) is 18.2 Å². The molecule has 0 radical (unpaired) electrons. The van der Waals surface area contributed by atoms with E-state index in [1.54, 1.807) is 4.90 Å². The molecule has 7 nitrogen and oxygen atoms in total. The molecular formula is C20H26N4O3. The smallest absolute Gasteiger partial charge is 0.255 e. The van der Waals surface area contributed by atoms with Crippen molar-refractivity contribution in [2.75, 3.05) is 0 Å². The lowest BCUT2D eigenvalue weighted by Crippen LogP contribution is -2.52. The number of fused-ring (bicyclic) bond motifs is 1. The molecule has 1 aliphatic carbocycles. The van der Waals surface area contributed by atoms with Crippen LogP contribution < -0.4 is 16.4 Å². The molecule has 144 valence electrons. The van der Waals surface area contributed by atoms with Crippen LogP contribution in [0.2, 0.25) is 0 Å². The Bertz CT molecular complexity index is 808. The van der Waals surface area contributed by atoms with Crippen LogP contribution in [0.25, 0.3) is 0 Å². The maximum Gasteiger partial charge on any atom is 0.255 e. The first-order valence-electron chi connectivity index (χ1n) is 9.64. The highest BCUT2D eigenvalue weighted by Crippen LogP contribution is 2.30. The van der Waals surface area contributed by atoms with Crippen LogP contribution in [-0.4, -0.2) is 40.2 Å². The minimum atomic E-state index is -0.570. The maximum atomic E-state index is 12.7. The van der Waals surface area contributed by atoms with Gasteiger partial charge in [-0.2, -0.15) is 0 Å². The van der Waals surface area contributed by atoms with E-state index < -0.39 is 6.04 Å². The summed E-state index contributed by atoms with van der Waals surface area (Å²) in [7, 11) is 0. The fraction of sp³-hybridized carbons (Fsp3) is 0.550. The first-order chi connectivity index (χ1) is 12.9. The van der Waals surface area contributed by atoms with Gasteiger partial charge in [0.25, 0.3) is 5.91 Å². The Morgan fingerprint density at radius 2 is 2.11 bits per heavy atom. The second-order valence-corrected chi connectivity index (χ2v) is 8.16. The zero-order chi connectivity index (χ0) is 19.2. The number of piperidine rings is 1. The topological polar surface area (TPSA) is 105 Å².